The molecule has 0 amide bonds. The molecule has 0 spiro atoms. The van der Waals surface area contributed by atoms with Gasteiger partial charge >= 0.3 is 0 Å². The van der Waals surface area contributed by atoms with Gasteiger partial charge in [0, 0.05) is 0 Å². The molecular weight excluding hydrogens is 176 g/mol. The Kier molecular flexibility index (Phi) is 5.56. The van der Waals surface area contributed by atoms with E-state index in [-0.39, 0.29) is 0 Å². The first-order chi connectivity index (χ1) is 5.99. The van der Waals surface area contributed by atoms with E-state index in [9.17, 15) is 0 Å². The van der Waals surface area contributed by atoms with Crippen LogP contribution in [0.3, 0.4) is 0 Å². The summed E-state index contributed by atoms with van der Waals surface area (Å²) in [5.74, 6) is 0. The number of rotatable bonds is 3. The van der Waals surface area contributed by atoms with Gasteiger partial charge < -0.3 is 0 Å². The molecule has 0 aromatic rings. The molecule has 0 unspecified atom stereocenters. The predicted octanol–water partition coefficient (Wildman–Crippen LogP) is 4.29. The first-order valence-electron chi connectivity index (χ1n) is 4.31. The molecule has 0 rings (SSSR count). The fraction of sp³-hybridized carbons (Fsp3) is 0.333. The van der Waals surface area contributed by atoms with E-state index >= 15 is 0 Å². The van der Waals surface area contributed by atoms with Gasteiger partial charge in [0.1, 0.15) is 0 Å². The molecule has 72 valence electrons. The van der Waals surface area contributed by atoms with Crippen LogP contribution in [0.1, 0.15) is 27.7 Å². The topological polar surface area (TPSA) is 0 Å². The third-order valence-electron chi connectivity index (χ3n) is 2.05. The number of hydrogen-bond acceptors (Lipinski definition) is 1. The summed E-state index contributed by atoms with van der Waals surface area (Å²) in [4.78, 5) is 0. The van der Waals surface area contributed by atoms with Crippen LogP contribution in [0.2, 0.25) is 0 Å². The van der Waals surface area contributed by atoms with Crippen molar-refractivity contribution in [2.75, 3.05) is 0 Å². The van der Waals surface area contributed by atoms with Crippen LogP contribution in [0.15, 0.2) is 46.4 Å². The summed E-state index contributed by atoms with van der Waals surface area (Å²) in [5, 5.41) is 1.75. The molecule has 0 radical (unpaired) electrons. The zero-order chi connectivity index (χ0) is 10.4. The van der Waals surface area contributed by atoms with Gasteiger partial charge in [-0.1, -0.05) is 24.3 Å². The Hall–Kier alpha value is -0.690. The van der Waals surface area contributed by atoms with Gasteiger partial charge in [-0.3, -0.25) is 0 Å². The van der Waals surface area contributed by atoms with Gasteiger partial charge in [0.05, 0.1) is 0 Å². The van der Waals surface area contributed by atoms with Crippen LogP contribution in [-0.4, -0.2) is 0 Å². The lowest BCUT2D eigenvalue weighted by Crippen LogP contribution is -1.81. The maximum atomic E-state index is 4.03. The number of thiol groups is 1. The van der Waals surface area contributed by atoms with E-state index in [1.165, 1.54) is 16.7 Å². The predicted molar refractivity (Wildman–Crippen MR) is 65.1 cm³/mol. The highest BCUT2D eigenvalue weighted by atomic mass is 32.1. The summed E-state index contributed by atoms with van der Waals surface area (Å²) >= 11 is 4.03. The molecule has 0 aromatic carbocycles. The van der Waals surface area contributed by atoms with Crippen molar-refractivity contribution in [3.8, 4) is 0 Å². The van der Waals surface area contributed by atoms with Crippen molar-refractivity contribution in [3.63, 3.8) is 0 Å². The fourth-order valence-electron chi connectivity index (χ4n) is 0.805. The third kappa shape index (κ3) is 4.79. The molecule has 0 nitrogen and oxygen atoms in total. The molecule has 0 saturated heterocycles. The molecule has 0 heterocycles. The molecule has 0 saturated carbocycles. The first-order valence-corrected chi connectivity index (χ1v) is 4.83. The molecule has 0 aliphatic rings. The van der Waals surface area contributed by atoms with Crippen LogP contribution in [0.5, 0.6) is 0 Å². The normalized spacial score (nSPS) is 14.7. The van der Waals surface area contributed by atoms with Crippen LogP contribution in [0.25, 0.3) is 0 Å². The maximum absolute atomic E-state index is 4.03. The minimum absolute atomic E-state index is 1.11. The van der Waals surface area contributed by atoms with Gasteiger partial charge in [0.15, 0.2) is 0 Å². The van der Waals surface area contributed by atoms with E-state index in [0.717, 1.165) is 5.57 Å². The Labute approximate surface area is 87.2 Å². The summed E-state index contributed by atoms with van der Waals surface area (Å²) < 4.78 is 0. The quantitative estimate of drug-likeness (QED) is 0.503. The molecule has 0 bridgehead atoms. The van der Waals surface area contributed by atoms with Gasteiger partial charge in [-0.2, -0.15) is 12.6 Å². The molecule has 13 heavy (non-hydrogen) atoms. The maximum Gasteiger partial charge on any atom is -0.0321 e. The molecule has 1 heteroatoms. The second-order valence-electron chi connectivity index (χ2n) is 3.29. The number of hydrogen-bond donors (Lipinski definition) is 1. The standard InChI is InChI=1S/C12H18S/c1-9(2)11(4)8-12(5)10(3)6-7-13/h6-8,13H,1H2,2-5H3/b7-6-,11-8+,12-10+. The molecular formula is C12H18S. The van der Waals surface area contributed by atoms with E-state index < -0.39 is 0 Å². The van der Waals surface area contributed by atoms with Gasteiger partial charge in [-0.05, 0) is 49.8 Å². The Bertz CT molecular complexity index is 277. The van der Waals surface area contributed by atoms with Crippen molar-refractivity contribution in [2.24, 2.45) is 0 Å². The van der Waals surface area contributed by atoms with Gasteiger partial charge in [-0.15, -0.1) is 0 Å². The Balaban J connectivity index is 4.80. The second-order valence-corrected chi connectivity index (χ2v) is 3.59. The minimum atomic E-state index is 1.11. The van der Waals surface area contributed by atoms with Crippen molar-refractivity contribution in [3.05, 3.63) is 46.4 Å². The van der Waals surface area contributed by atoms with E-state index in [1.54, 1.807) is 5.41 Å². The lowest BCUT2D eigenvalue weighted by molar-refractivity contribution is 1.30. The zero-order valence-electron chi connectivity index (χ0n) is 8.89. The lowest BCUT2D eigenvalue weighted by Gasteiger charge is -2.01. The van der Waals surface area contributed by atoms with E-state index in [2.05, 4.69) is 46.1 Å². The average molecular weight is 194 g/mol. The summed E-state index contributed by atoms with van der Waals surface area (Å²) in [6, 6.07) is 0. The largest absolute Gasteiger partial charge is 0.151 e. The van der Waals surface area contributed by atoms with Crippen molar-refractivity contribution < 1.29 is 0 Å². The van der Waals surface area contributed by atoms with Crippen molar-refractivity contribution in [1.29, 1.82) is 0 Å². The van der Waals surface area contributed by atoms with Crippen molar-refractivity contribution >= 4 is 12.6 Å². The molecule has 0 N–H and O–H groups in total. The Morgan fingerprint density at radius 2 is 1.62 bits per heavy atom. The van der Waals surface area contributed by atoms with Crippen molar-refractivity contribution in [1.82, 2.24) is 0 Å². The summed E-state index contributed by atoms with van der Waals surface area (Å²) in [5.41, 5.74) is 4.83. The summed E-state index contributed by atoms with van der Waals surface area (Å²) in [6.07, 6.45) is 4.13. The first kappa shape index (κ1) is 12.3. The van der Waals surface area contributed by atoms with Crippen LogP contribution in [0, 0.1) is 0 Å². The second kappa shape index (κ2) is 5.87. The summed E-state index contributed by atoms with van der Waals surface area (Å²) in [7, 11) is 0. The number of allylic oxidation sites excluding steroid dienone is 6. The highest BCUT2D eigenvalue weighted by molar-refractivity contribution is 7.83. The van der Waals surface area contributed by atoms with E-state index in [4.69, 9.17) is 0 Å². The van der Waals surface area contributed by atoms with Crippen LogP contribution < -0.4 is 0 Å². The highest BCUT2D eigenvalue weighted by Crippen LogP contribution is 2.13. The lowest BCUT2D eigenvalue weighted by atomic mass is 10.1. The van der Waals surface area contributed by atoms with Gasteiger partial charge in [-0.25, -0.2) is 0 Å². The van der Waals surface area contributed by atoms with Crippen LogP contribution in [-0.2, 0) is 0 Å². The van der Waals surface area contributed by atoms with Gasteiger partial charge in [0.25, 0.3) is 0 Å². The van der Waals surface area contributed by atoms with Crippen molar-refractivity contribution in [2.45, 2.75) is 27.7 Å². The molecule has 0 fully saturated rings. The Morgan fingerprint density at radius 1 is 1.08 bits per heavy atom. The highest BCUT2D eigenvalue weighted by Gasteiger charge is 1.92. The molecule has 0 atom stereocenters. The van der Waals surface area contributed by atoms with Crippen LogP contribution in [0.4, 0.5) is 0 Å². The zero-order valence-corrected chi connectivity index (χ0v) is 9.78. The summed E-state index contributed by atoms with van der Waals surface area (Å²) in [6.45, 7) is 12.1. The van der Waals surface area contributed by atoms with Gasteiger partial charge in [0.2, 0.25) is 0 Å². The fourth-order valence-corrected chi connectivity index (χ4v) is 1.03. The monoisotopic (exact) mass is 194 g/mol. The third-order valence-corrected chi connectivity index (χ3v) is 2.20. The molecule has 0 aromatic heterocycles. The minimum Gasteiger partial charge on any atom is -0.151 e. The Morgan fingerprint density at radius 3 is 2.00 bits per heavy atom. The molecule has 0 aliphatic carbocycles. The average Bonchev–Trinajstić information content (AvgIpc) is 2.04. The SMILES string of the molecule is C=C(C)/C(C)=C/C(C)=C(C)/C=C\S. The smallest absolute Gasteiger partial charge is 0.0321 e. The molecule has 0 aliphatic heterocycles. The van der Waals surface area contributed by atoms with E-state index in [1.807, 2.05) is 13.0 Å². The van der Waals surface area contributed by atoms with E-state index in [0.29, 0.717) is 0 Å². The van der Waals surface area contributed by atoms with Crippen LogP contribution >= 0.6 is 12.6 Å².